The van der Waals surface area contributed by atoms with Gasteiger partial charge in [0, 0.05) is 26.9 Å². The van der Waals surface area contributed by atoms with Gasteiger partial charge in [0.1, 0.15) is 5.82 Å². The molecule has 1 atom stereocenters. The maximum absolute atomic E-state index is 13.3. The molecule has 0 bridgehead atoms. The van der Waals surface area contributed by atoms with Crippen LogP contribution in [0.15, 0.2) is 40.2 Å². The van der Waals surface area contributed by atoms with Crippen LogP contribution < -0.4 is 5.32 Å². The third kappa shape index (κ3) is 2.96. The Balaban J connectivity index is 1.90. The maximum atomic E-state index is 13.3. The van der Waals surface area contributed by atoms with Gasteiger partial charge in [-0.3, -0.25) is 0 Å². The molecule has 2 aromatic heterocycles. The van der Waals surface area contributed by atoms with E-state index >= 15 is 0 Å². The van der Waals surface area contributed by atoms with Crippen LogP contribution >= 0.6 is 38.6 Å². The number of hydrogen-bond acceptors (Lipinski definition) is 3. The quantitative estimate of drug-likeness (QED) is 0.651. The lowest BCUT2D eigenvalue weighted by molar-refractivity contribution is 0.607. The van der Waals surface area contributed by atoms with Crippen LogP contribution in [0, 0.1) is 5.82 Å². The van der Waals surface area contributed by atoms with Crippen LogP contribution in [-0.2, 0) is 6.42 Å². The second-order valence-corrected chi connectivity index (χ2v) is 8.25. The molecule has 0 radical (unpaired) electrons. The van der Waals surface area contributed by atoms with Crippen molar-refractivity contribution in [1.82, 2.24) is 5.32 Å². The van der Waals surface area contributed by atoms with Crippen molar-refractivity contribution in [3.63, 3.8) is 0 Å². The normalized spacial score (nSPS) is 12.9. The molecule has 0 amide bonds. The van der Waals surface area contributed by atoms with Crippen LogP contribution in [0.2, 0.25) is 0 Å². The van der Waals surface area contributed by atoms with E-state index in [9.17, 15) is 4.39 Å². The molecule has 0 fully saturated rings. The lowest BCUT2D eigenvalue weighted by Gasteiger charge is -2.12. The molecule has 3 aromatic rings. The van der Waals surface area contributed by atoms with Crippen LogP contribution in [0.25, 0.3) is 10.1 Å². The number of thiophene rings is 2. The molecule has 20 heavy (non-hydrogen) atoms. The van der Waals surface area contributed by atoms with Crippen molar-refractivity contribution in [1.29, 1.82) is 0 Å². The summed E-state index contributed by atoms with van der Waals surface area (Å²) in [5, 5.41) is 4.47. The lowest BCUT2D eigenvalue weighted by atomic mass is 10.1. The zero-order valence-electron chi connectivity index (χ0n) is 10.8. The van der Waals surface area contributed by atoms with E-state index in [4.69, 9.17) is 0 Å². The molecule has 0 saturated carbocycles. The first-order valence-electron chi connectivity index (χ1n) is 6.26. The highest BCUT2D eigenvalue weighted by Gasteiger charge is 2.14. The summed E-state index contributed by atoms with van der Waals surface area (Å²) < 4.78 is 15.4. The number of rotatable bonds is 4. The van der Waals surface area contributed by atoms with E-state index < -0.39 is 0 Å². The van der Waals surface area contributed by atoms with E-state index in [1.54, 1.807) is 28.7 Å². The average Bonchev–Trinajstić information content (AvgIpc) is 3.01. The first-order valence-corrected chi connectivity index (χ1v) is 8.69. The van der Waals surface area contributed by atoms with Crippen LogP contribution in [0.4, 0.5) is 4.39 Å². The fourth-order valence-corrected chi connectivity index (χ4v) is 4.93. The summed E-state index contributed by atoms with van der Waals surface area (Å²) in [6.45, 7) is 0. The van der Waals surface area contributed by atoms with Crippen molar-refractivity contribution >= 4 is 48.7 Å². The largest absolute Gasteiger partial charge is 0.312 e. The van der Waals surface area contributed by atoms with Crippen molar-refractivity contribution in [2.75, 3.05) is 7.05 Å². The topological polar surface area (TPSA) is 12.0 Å². The van der Waals surface area contributed by atoms with E-state index in [1.807, 2.05) is 13.1 Å². The standard InChI is InChI=1S/C15H13BrFNS2/c1-18-12(8-11-4-5-15(16)19-11)14-6-9-2-3-10(17)7-13(9)20-14/h2-7,12,18H,8H2,1H3. The van der Waals surface area contributed by atoms with Gasteiger partial charge in [-0.1, -0.05) is 6.07 Å². The minimum atomic E-state index is -0.172. The van der Waals surface area contributed by atoms with Gasteiger partial charge in [-0.25, -0.2) is 4.39 Å². The number of likely N-dealkylation sites (N-methyl/N-ethyl adjacent to an activating group) is 1. The molecule has 104 valence electrons. The zero-order valence-corrected chi connectivity index (χ0v) is 14.0. The Morgan fingerprint density at radius 1 is 1.20 bits per heavy atom. The minimum Gasteiger partial charge on any atom is -0.312 e. The fraction of sp³-hybridized carbons (Fsp3) is 0.200. The Morgan fingerprint density at radius 3 is 2.75 bits per heavy atom. The van der Waals surface area contributed by atoms with Crippen LogP contribution in [0.5, 0.6) is 0 Å². The van der Waals surface area contributed by atoms with Gasteiger partial charge in [-0.05, 0) is 58.7 Å². The molecule has 0 aliphatic rings. The highest BCUT2D eigenvalue weighted by atomic mass is 79.9. The average molecular weight is 370 g/mol. The number of benzene rings is 1. The van der Waals surface area contributed by atoms with Gasteiger partial charge in [0.15, 0.2) is 0 Å². The smallest absolute Gasteiger partial charge is 0.124 e. The van der Waals surface area contributed by atoms with Crippen LogP contribution in [-0.4, -0.2) is 7.05 Å². The van der Waals surface area contributed by atoms with Crippen molar-refractivity contribution in [2.45, 2.75) is 12.5 Å². The number of fused-ring (bicyclic) bond motifs is 1. The Bertz CT molecular complexity index is 734. The van der Waals surface area contributed by atoms with E-state index in [2.05, 4.69) is 39.4 Å². The van der Waals surface area contributed by atoms with Crippen molar-refractivity contribution < 1.29 is 4.39 Å². The molecular weight excluding hydrogens is 357 g/mol. The van der Waals surface area contributed by atoms with Crippen LogP contribution in [0.3, 0.4) is 0 Å². The summed E-state index contributed by atoms with van der Waals surface area (Å²) in [5.74, 6) is -0.172. The Hall–Kier alpha value is -0.750. The molecule has 1 unspecified atom stereocenters. The molecule has 0 aliphatic carbocycles. The third-order valence-electron chi connectivity index (χ3n) is 3.23. The zero-order chi connectivity index (χ0) is 14.1. The van der Waals surface area contributed by atoms with Gasteiger partial charge in [0.05, 0.1) is 3.79 Å². The molecular formula is C15H13BrFNS2. The van der Waals surface area contributed by atoms with E-state index in [1.165, 1.54) is 15.8 Å². The summed E-state index contributed by atoms with van der Waals surface area (Å²) in [6, 6.07) is 11.6. The molecule has 5 heteroatoms. The van der Waals surface area contributed by atoms with Crippen molar-refractivity contribution in [2.24, 2.45) is 0 Å². The van der Waals surface area contributed by atoms with E-state index in [-0.39, 0.29) is 11.9 Å². The first-order chi connectivity index (χ1) is 9.65. The molecule has 0 saturated heterocycles. The number of halogens is 2. The third-order valence-corrected chi connectivity index (χ3v) is 6.08. The predicted molar refractivity (Wildman–Crippen MR) is 89.3 cm³/mol. The maximum Gasteiger partial charge on any atom is 0.124 e. The molecule has 0 spiro atoms. The van der Waals surface area contributed by atoms with Crippen molar-refractivity contribution in [3.05, 3.63) is 55.8 Å². The predicted octanol–water partition coefficient (Wildman–Crippen LogP) is 5.37. The summed E-state index contributed by atoms with van der Waals surface area (Å²) in [7, 11) is 1.97. The molecule has 1 N–H and O–H groups in total. The Labute approximate surface area is 133 Å². The lowest BCUT2D eigenvalue weighted by Crippen LogP contribution is -2.17. The second-order valence-electron chi connectivity index (χ2n) is 4.58. The van der Waals surface area contributed by atoms with E-state index in [0.717, 1.165) is 20.3 Å². The molecule has 3 rings (SSSR count). The van der Waals surface area contributed by atoms with Gasteiger partial charge >= 0.3 is 0 Å². The number of nitrogens with one attached hydrogen (secondary N) is 1. The summed E-state index contributed by atoms with van der Waals surface area (Å²) in [4.78, 5) is 2.58. The molecule has 2 heterocycles. The summed E-state index contributed by atoms with van der Waals surface area (Å²) in [6.07, 6.45) is 0.946. The van der Waals surface area contributed by atoms with Crippen molar-refractivity contribution in [3.8, 4) is 0 Å². The summed E-state index contributed by atoms with van der Waals surface area (Å²) >= 11 is 6.91. The van der Waals surface area contributed by atoms with Gasteiger partial charge < -0.3 is 5.32 Å². The van der Waals surface area contributed by atoms with Gasteiger partial charge in [0.25, 0.3) is 0 Å². The molecule has 1 aromatic carbocycles. The molecule has 0 aliphatic heterocycles. The first kappa shape index (κ1) is 14.2. The van der Waals surface area contributed by atoms with Crippen LogP contribution in [0.1, 0.15) is 15.8 Å². The SMILES string of the molecule is CNC(Cc1ccc(Br)s1)c1cc2ccc(F)cc2s1. The van der Waals surface area contributed by atoms with Gasteiger partial charge in [-0.15, -0.1) is 22.7 Å². The summed E-state index contributed by atoms with van der Waals surface area (Å²) in [5.41, 5.74) is 0. The second kappa shape index (κ2) is 5.93. The van der Waals surface area contributed by atoms with Gasteiger partial charge in [-0.2, -0.15) is 0 Å². The monoisotopic (exact) mass is 369 g/mol. The number of hydrogen-bond donors (Lipinski definition) is 1. The minimum absolute atomic E-state index is 0.172. The Morgan fingerprint density at radius 2 is 2.05 bits per heavy atom. The fourth-order valence-electron chi connectivity index (χ4n) is 2.20. The van der Waals surface area contributed by atoms with E-state index in [0.29, 0.717) is 0 Å². The molecule has 1 nitrogen and oxygen atoms in total. The van der Waals surface area contributed by atoms with Gasteiger partial charge in [0.2, 0.25) is 0 Å². The highest BCUT2D eigenvalue weighted by Crippen LogP contribution is 2.33. The Kier molecular flexibility index (Phi) is 4.21. The highest BCUT2D eigenvalue weighted by molar-refractivity contribution is 9.11.